The number of anilines is 3. The number of hydrogen-bond acceptors (Lipinski definition) is 4. The maximum atomic E-state index is 12.4. The maximum Gasteiger partial charge on any atom is 0.267 e. The predicted molar refractivity (Wildman–Crippen MR) is 101 cm³/mol. The number of carbonyl (C=O) groups is 1. The zero-order chi connectivity index (χ0) is 17.1. The molecule has 1 heterocycles. The third kappa shape index (κ3) is 4.06. The van der Waals surface area contributed by atoms with Crippen molar-refractivity contribution in [3.8, 4) is 0 Å². The van der Waals surface area contributed by atoms with Crippen LogP contribution >= 0.6 is 34.5 Å². The molecule has 4 nitrogen and oxygen atoms in total. The predicted octanol–water partition coefficient (Wildman–Crippen LogP) is 5.75. The van der Waals surface area contributed by atoms with E-state index < -0.39 is 0 Å². The first kappa shape index (κ1) is 16.8. The molecule has 0 bridgehead atoms. The Morgan fingerprint density at radius 3 is 2.08 bits per heavy atom. The van der Waals surface area contributed by atoms with Gasteiger partial charge < -0.3 is 10.6 Å². The van der Waals surface area contributed by atoms with E-state index in [4.69, 9.17) is 23.2 Å². The van der Waals surface area contributed by atoms with E-state index in [0.29, 0.717) is 31.4 Å². The zero-order valence-corrected chi connectivity index (χ0v) is 15.0. The molecule has 3 rings (SSSR count). The molecular formula is C17H13Cl2N3OS. The maximum absolute atomic E-state index is 12.4. The van der Waals surface area contributed by atoms with Crippen LogP contribution in [0.15, 0.2) is 48.5 Å². The van der Waals surface area contributed by atoms with Crippen LogP contribution in [0.4, 0.5) is 16.5 Å². The van der Waals surface area contributed by atoms with Crippen LogP contribution in [-0.2, 0) is 0 Å². The molecule has 0 saturated heterocycles. The Bertz CT molecular complexity index is 861. The van der Waals surface area contributed by atoms with Crippen LogP contribution in [0.1, 0.15) is 15.4 Å². The van der Waals surface area contributed by atoms with Crippen LogP contribution in [-0.4, -0.2) is 10.9 Å². The molecule has 0 saturated carbocycles. The molecule has 122 valence electrons. The molecule has 2 N–H and O–H groups in total. The van der Waals surface area contributed by atoms with Gasteiger partial charge in [-0.3, -0.25) is 4.79 Å². The summed E-state index contributed by atoms with van der Waals surface area (Å²) in [6.45, 7) is 1.81. The molecule has 0 aliphatic carbocycles. The number of amides is 1. The van der Waals surface area contributed by atoms with Crippen molar-refractivity contribution in [1.82, 2.24) is 4.98 Å². The van der Waals surface area contributed by atoms with Gasteiger partial charge in [-0.2, -0.15) is 0 Å². The molecule has 3 aromatic rings. The highest BCUT2D eigenvalue weighted by Crippen LogP contribution is 2.27. The number of carbonyl (C=O) groups excluding carboxylic acids is 1. The lowest BCUT2D eigenvalue weighted by Gasteiger charge is -2.03. The number of aromatic nitrogens is 1. The summed E-state index contributed by atoms with van der Waals surface area (Å²) in [7, 11) is 0. The molecule has 0 unspecified atom stereocenters. The standard InChI is InChI=1S/C17H13Cl2N3OS/c1-10-15(16(23)21-13-6-2-11(18)3-7-13)24-17(20-10)22-14-8-4-12(19)5-9-14/h2-9H,1H3,(H,20,22)(H,21,23). The van der Waals surface area contributed by atoms with E-state index in [1.165, 1.54) is 11.3 Å². The van der Waals surface area contributed by atoms with Gasteiger partial charge in [0.05, 0.1) is 5.69 Å². The third-order valence-electron chi connectivity index (χ3n) is 3.20. The van der Waals surface area contributed by atoms with E-state index in [1.807, 2.05) is 12.1 Å². The summed E-state index contributed by atoms with van der Waals surface area (Å²) >= 11 is 13.0. The molecule has 1 aromatic heterocycles. The number of nitrogens with zero attached hydrogens (tertiary/aromatic N) is 1. The summed E-state index contributed by atoms with van der Waals surface area (Å²) in [6.07, 6.45) is 0. The normalized spacial score (nSPS) is 10.5. The minimum absolute atomic E-state index is 0.198. The molecule has 1 amide bonds. The number of benzene rings is 2. The number of hydrogen-bond donors (Lipinski definition) is 2. The van der Waals surface area contributed by atoms with Crippen LogP contribution in [0.2, 0.25) is 10.0 Å². The van der Waals surface area contributed by atoms with Gasteiger partial charge >= 0.3 is 0 Å². The number of aryl methyl sites for hydroxylation is 1. The quantitative estimate of drug-likeness (QED) is 0.607. The van der Waals surface area contributed by atoms with Crippen LogP contribution in [0, 0.1) is 6.92 Å². The smallest absolute Gasteiger partial charge is 0.267 e. The highest BCUT2D eigenvalue weighted by Gasteiger charge is 2.15. The minimum Gasteiger partial charge on any atom is -0.332 e. The summed E-state index contributed by atoms with van der Waals surface area (Å²) in [4.78, 5) is 17.4. The largest absolute Gasteiger partial charge is 0.332 e. The summed E-state index contributed by atoms with van der Waals surface area (Å²) < 4.78 is 0. The van der Waals surface area contributed by atoms with Gasteiger partial charge in [0, 0.05) is 21.4 Å². The van der Waals surface area contributed by atoms with Gasteiger partial charge in [0.2, 0.25) is 0 Å². The lowest BCUT2D eigenvalue weighted by atomic mass is 10.3. The lowest BCUT2D eigenvalue weighted by Crippen LogP contribution is -2.11. The third-order valence-corrected chi connectivity index (χ3v) is 4.78. The summed E-state index contributed by atoms with van der Waals surface area (Å²) in [5.74, 6) is -0.198. The summed E-state index contributed by atoms with van der Waals surface area (Å²) in [5, 5.41) is 7.94. The number of halogens is 2. The monoisotopic (exact) mass is 377 g/mol. The fraction of sp³-hybridized carbons (Fsp3) is 0.0588. The van der Waals surface area contributed by atoms with Crippen LogP contribution in [0.5, 0.6) is 0 Å². The molecule has 0 fully saturated rings. The molecule has 0 atom stereocenters. The zero-order valence-electron chi connectivity index (χ0n) is 12.6. The first-order valence-corrected chi connectivity index (χ1v) is 8.65. The van der Waals surface area contributed by atoms with Crippen molar-refractivity contribution in [2.24, 2.45) is 0 Å². The molecule has 0 aliphatic rings. The number of rotatable bonds is 4. The Kier molecular flexibility index (Phi) is 5.04. The van der Waals surface area contributed by atoms with Gasteiger partial charge in [0.25, 0.3) is 5.91 Å². The van der Waals surface area contributed by atoms with Crippen LogP contribution < -0.4 is 10.6 Å². The molecule has 2 aromatic carbocycles. The average molecular weight is 378 g/mol. The summed E-state index contributed by atoms with van der Waals surface area (Å²) in [5.41, 5.74) is 2.21. The molecule has 7 heteroatoms. The first-order valence-electron chi connectivity index (χ1n) is 7.08. The van der Waals surface area contributed by atoms with E-state index in [1.54, 1.807) is 43.3 Å². The second kappa shape index (κ2) is 7.21. The van der Waals surface area contributed by atoms with E-state index in [-0.39, 0.29) is 5.91 Å². The molecule has 24 heavy (non-hydrogen) atoms. The molecule has 0 radical (unpaired) electrons. The molecule has 0 aliphatic heterocycles. The number of nitrogens with one attached hydrogen (secondary N) is 2. The van der Waals surface area contributed by atoms with Crippen molar-refractivity contribution >= 4 is 57.0 Å². The van der Waals surface area contributed by atoms with Crippen molar-refractivity contribution in [3.05, 3.63) is 69.1 Å². The van der Waals surface area contributed by atoms with Crippen LogP contribution in [0.3, 0.4) is 0 Å². The van der Waals surface area contributed by atoms with Gasteiger partial charge in [0.1, 0.15) is 4.88 Å². The van der Waals surface area contributed by atoms with E-state index in [9.17, 15) is 4.79 Å². The molecule has 0 spiro atoms. The number of thiazole rings is 1. The van der Waals surface area contributed by atoms with Crippen molar-refractivity contribution in [3.63, 3.8) is 0 Å². The van der Waals surface area contributed by atoms with Gasteiger partial charge in [-0.1, -0.05) is 34.5 Å². The van der Waals surface area contributed by atoms with E-state index in [2.05, 4.69) is 15.6 Å². The van der Waals surface area contributed by atoms with E-state index >= 15 is 0 Å². The topological polar surface area (TPSA) is 54.0 Å². The first-order chi connectivity index (χ1) is 11.5. The lowest BCUT2D eigenvalue weighted by molar-refractivity contribution is 0.103. The fourth-order valence-corrected chi connectivity index (χ4v) is 3.17. The van der Waals surface area contributed by atoms with Gasteiger partial charge in [-0.05, 0) is 55.5 Å². The average Bonchev–Trinajstić information content (AvgIpc) is 2.92. The van der Waals surface area contributed by atoms with Crippen molar-refractivity contribution in [2.45, 2.75) is 6.92 Å². The Morgan fingerprint density at radius 1 is 0.958 bits per heavy atom. The second-order valence-electron chi connectivity index (χ2n) is 5.03. The SMILES string of the molecule is Cc1nc(Nc2ccc(Cl)cc2)sc1C(=O)Nc1ccc(Cl)cc1. The Morgan fingerprint density at radius 2 is 1.50 bits per heavy atom. The second-order valence-corrected chi connectivity index (χ2v) is 6.90. The Balaban J connectivity index is 1.74. The Labute approximate surface area is 153 Å². The highest BCUT2D eigenvalue weighted by molar-refractivity contribution is 7.17. The van der Waals surface area contributed by atoms with Crippen molar-refractivity contribution in [2.75, 3.05) is 10.6 Å². The van der Waals surface area contributed by atoms with Gasteiger partial charge in [-0.15, -0.1) is 0 Å². The molecular weight excluding hydrogens is 365 g/mol. The Hall–Kier alpha value is -2.08. The fourth-order valence-electron chi connectivity index (χ4n) is 2.04. The van der Waals surface area contributed by atoms with Gasteiger partial charge in [-0.25, -0.2) is 4.98 Å². The summed E-state index contributed by atoms with van der Waals surface area (Å²) in [6, 6.07) is 14.2. The highest BCUT2D eigenvalue weighted by atomic mass is 35.5. The van der Waals surface area contributed by atoms with Crippen LogP contribution in [0.25, 0.3) is 0 Å². The van der Waals surface area contributed by atoms with Crippen molar-refractivity contribution < 1.29 is 4.79 Å². The van der Waals surface area contributed by atoms with Crippen molar-refractivity contribution in [1.29, 1.82) is 0 Å². The van der Waals surface area contributed by atoms with E-state index in [0.717, 1.165) is 5.69 Å². The minimum atomic E-state index is -0.198. The van der Waals surface area contributed by atoms with Gasteiger partial charge in [0.15, 0.2) is 5.13 Å².